The topological polar surface area (TPSA) is 78.8 Å². The highest BCUT2D eigenvalue weighted by Gasteiger charge is 2.06. The molecule has 3 N–H and O–H groups in total. The van der Waals surface area contributed by atoms with Crippen LogP contribution in [-0.4, -0.2) is 23.8 Å². The second kappa shape index (κ2) is 9.52. The molecular formula is C14H14BFNO4. The van der Waals surface area contributed by atoms with Gasteiger partial charge in [0.05, 0.1) is 5.69 Å². The maximum Gasteiger partial charge on any atom is 0.482 e. The zero-order valence-electron chi connectivity index (χ0n) is 11.1. The van der Waals surface area contributed by atoms with Crippen LogP contribution in [-0.2, 0) is 11.3 Å². The number of carbonyl (C=O) groups excluding carboxylic acids is 1. The van der Waals surface area contributed by atoms with Crippen LogP contribution in [0.15, 0.2) is 54.6 Å². The monoisotopic (exact) mass is 290 g/mol. The van der Waals surface area contributed by atoms with Gasteiger partial charge in [-0.1, -0.05) is 42.5 Å². The summed E-state index contributed by atoms with van der Waals surface area (Å²) in [5.41, 5.74) is 0.983. The van der Waals surface area contributed by atoms with Gasteiger partial charge in [0.25, 0.3) is 0 Å². The molecule has 0 saturated carbocycles. The molecule has 0 heterocycles. The minimum absolute atomic E-state index is 0. The summed E-state index contributed by atoms with van der Waals surface area (Å²) in [7, 11) is 0. The van der Waals surface area contributed by atoms with Gasteiger partial charge in [0, 0.05) is 0 Å². The Kier molecular flexibility index (Phi) is 7.56. The smallest absolute Gasteiger partial charge is 0.444 e. The van der Waals surface area contributed by atoms with Gasteiger partial charge in [-0.2, -0.15) is 0 Å². The molecule has 0 saturated heterocycles. The fourth-order valence-corrected chi connectivity index (χ4v) is 1.43. The first kappa shape index (κ1) is 16.7. The number of nitrogens with one attached hydrogen (secondary N) is 1. The molecular weight excluding hydrogens is 276 g/mol. The van der Waals surface area contributed by atoms with Crippen LogP contribution in [0.5, 0.6) is 0 Å². The van der Waals surface area contributed by atoms with Crippen molar-refractivity contribution in [3.05, 3.63) is 66.0 Å². The van der Waals surface area contributed by atoms with E-state index in [1.165, 1.54) is 12.1 Å². The molecule has 109 valence electrons. The maximum atomic E-state index is 13.2. The van der Waals surface area contributed by atoms with Gasteiger partial charge in [0.15, 0.2) is 0 Å². The van der Waals surface area contributed by atoms with Gasteiger partial charge in [-0.3, -0.25) is 5.32 Å². The Labute approximate surface area is 122 Å². The summed E-state index contributed by atoms with van der Waals surface area (Å²) >= 11 is 0. The van der Waals surface area contributed by atoms with Crippen LogP contribution in [0, 0.1) is 5.82 Å². The molecule has 0 fully saturated rings. The number of ether oxygens (including phenoxy) is 1. The lowest BCUT2D eigenvalue weighted by atomic mass is 10.2. The second-order valence-electron chi connectivity index (χ2n) is 3.78. The molecule has 0 spiro atoms. The molecule has 2 rings (SSSR count). The Hall–Kier alpha value is -2.38. The minimum Gasteiger partial charge on any atom is -0.444 e. The van der Waals surface area contributed by atoms with Crippen molar-refractivity contribution in [2.75, 3.05) is 5.32 Å². The number of hydrogen-bond donors (Lipinski definition) is 3. The van der Waals surface area contributed by atoms with E-state index < -0.39 is 11.9 Å². The van der Waals surface area contributed by atoms with Gasteiger partial charge in [-0.15, -0.1) is 0 Å². The van der Waals surface area contributed by atoms with Gasteiger partial charge < -0.3 is 14.8 Å². The molecule has 0 aliphatic rings. The first-order valence-electron chi connectivity index (χ1n) is 5.99. The average molecular weight is 290 g/mol. The Morgan fingerprint density at radius 2 is 1.67 bits per heavy atom. The quantitative estimate of drug-likeness (QED) is 0.756. The highest BCUT2D eigenvalue weighted by molar-refractivity contribution is 6.13. The second-order valence-corrected chi connectivity index (χ2v) is 3.78. The number of para-hydroxylation sites is 1. The van der Waals surface area contributed by atoms with Gasteiger partial charge in [-0.05, 0) is 17.7 Å². The molecule has 0 atom stereocenters. The molecule has 1 amide bonds. The molecule has 7 heteroatoms. The lowest BCUT2D eigenvalue weighted by molar-refractivity contribution is 0.155. The van der Waals surface area contributed by atoms with E-state index in [0.717, 1.165) is 5.56 Å². The molecule has 21 heavy (non-hydrogen) atoms. The van der Waals surface area contributed by atoms with E-state index in [1.54, 1.807) is 12.1 Å². The van der Waals surface area contributed by atoms with E-state index >= 15 is 0 Å². The fourth-order valence-electron chi connectivity index (χ4n) is 1.43. The highest BCUT2D eigenvalue weighted by Crippen LogP contribution is 2.12. The summed E-state index contributed by atoms with van der Waals surface area (Å²) in [5.74, 6) is -0.492. The first-order valence-corrected chi connectivity index (χ1v) is 5.99. The lowest BCUT2D eigenvalue weighted by Gasteiger charge is -2.07. The number of benzene rings is 2. The van der Waals surface area contributed by atoms with Crippen molar-refractivity contribution in [1.29, 1.82) is 0 Å². The van der Waals surface area contributed by atoms with Crippen molar-refractivity contribution in [2.24, 2.45) is 0 Å². The highest BCUT2D eigenvalue weighted by atomic mass is 19.1. The van der Waals surface area contributed by atoms with E-state index in [9.17, 15) is 9.18 Å². The number of halogens is 1. The minimum atomic E-state index is -0.677. The number of rotatable bonds is 3. The standard InChI is InChI=1S/C14H12FNO2.BH2O2/c15-12-8-4-5-9-13(12)16-14(17)18-10-11-6-2-1-3-7-11;2-1-3/h1-9H,10H2,(H,16,17);2-3H. The lowest BCUT2D eigenvalue weighted by Crippen LogP contribution is -2.14. The first-order chi connectivity index (χ1) is 10.2. The molecule has 5 nitrogen and oxygen atoms in total. The number of carbonyl (C=O) groups is 1. The SMILES string of the molecule is O=C(Nc1ccccc1F)OCc1ccccc1.O[B]O. The van der Waals surface area contributed by atoms with Gasteiger partial charge in [0.1, 0.15) is 12.4 Å². The number of amides is 1. The Balaban J connectivity index is 0.000000677. The third-order valence-electron chi connectivity index (χ3n) is 2.32. The average Bonchev–Trinajstić information content (AvgIpc) is 2.49. The predicted octanol–water partition coefficient (Wildman–Crippen LogP) is 2.08. The Bertz CT molecular complexity index is 554. The maximum absolute atomic E-state index is 13.2. The van der Waals surface area contributed by atoms with E-state index in [2.05, 4.69) is 5.32 Å². The zero-order valence-corrected chi connectivity index (χ0v) is 11.1. The van der Waals surface area contributed by atoms with Crippen molar-refractivity contribution in [3.8, 4) is 0 Å². The third-order valence-corrected chi connectivity index (χ3v) is 2.32. The fraction of sp³-hybridized carbons (Fsp3) is 0.0714. The summed E-state index contributed by atoms with van der Waals surface area (Å²) in [6.45, 7) is 0.154. The van der Waals surface area contributed by atoms with E-state index in [0.29, 0.717) is 0 Å². The molecule has 1 radical (unpaired) electrons. The molecule has 0 aliphatic carbocycles. The largest absolute Gasteiger partial charge is 0.482 e. The summed E-state index contributed by atoms with van der Waals surface area (Å²) in [6, 6.07) is 15.2. The molecule has 0 aromatic heterocycles. The van der Waals surface area contributed by atoms with E-state index in [1.807, 2.05) is 30.3 Å². The van der Waals surface area contributed by atoms with Crippen LogP contribution < -0.4 is 5.32 Å². The Morgan fingerprint density at radius 3 is 2.29 bits per heavy atom. The summed E-state index contributed by atoms with van der Waals surface area (Å²) in [4.78, 5) is 11.4. The van der Waals surface area contributed by atoms with Crippen LogP contribution in [0.25, 0.3) is 0 Å². The normalized spacial score (nSPS) is 9.10. The predicted molar refractivity (Wildman–Crippen MR) is 76.8 cm³/mol. The summed E-state index contributed by atoms with van der Waals surface area (Å²) < 4.78 is 18.2. The van der Waals surface area contributed by atoms with Crippen LogP contribution in [0.1, 0.15) is 5.56 Å². The molecule has 0 bridgehead atoms. The van der Waals surface area contributed by atoms with Crippen molar-refractivity contribution >= 4 is 19.5 Å². The van der Waals surface area contributed by atoms with Crippen LogP contribution in [0.4, 0.5) is 14.9 Å². The molecule has 2 aromatic rings. The van der Waals surface area contributed by atoms with Crippen LogP contribution >= 0.6 is 0 Å². The van der Waals surface area contributed by atoms with Gasteiger partial charge in [-0.25, -0.2) is 9.18 Å². The van der Waals surface area contributed by atoms with Gasteiger partial charge >= 0.3 is 13.8 Å². The van der Waals surface area contributed by atoms with Crippen LogP contribution in [0.3, 0.4) is 0 Å². The third kappa shape index (κ3) is 6.55. The van der Waals surface area contributed by atoms with Crippen molar-refractivity contribution in [2.45, 2.75) is 6.61 Å². The zero-order chi connectivity index (χ0) is 15.5. The number of hydrogen-bond acceptors (Lipinski definition) is 4. The molecule has 0 unspecified atom stereocenters. The number of anilines is 1. The Morgan fingerprint density at radius 1 is 1.10 bits per heavy atom. The van der Waals surface area contributed by atoms with Crippen LogP contribution in [0.2, 0.25) is 0 Å². The van der Waals surface area contributed by atoms with Crippen molar-refractivity contribution < 1.29 is 24.0 Å². The molecule has 0 aliphatic heterocycles. The molecule has 2 aromatic carbocycles. The van der Waals surface area contributed by atoms with E-state index in [-0.39, 0.29) is 20.0 Å². The van der Waals surface area contributed by atoms with Gasteiger partial charge in [0.2, 0.25) is 0 Å². The van der Waals surface area contributed by atoms with Crippen molar-refractivity contribution in [1.82, 2.24) is 0 Å². The van der Waals surface area contributed by atoms with Crippen molar-refractivity contribution in [3.63, 3.8) is 0 Å². The van der Waals surface area contributed by atoms with E-state index in [4.69, 9.17) is 14.8 Å². The summed E-state index contributed by atoms with van der Waals surface area (Å²) in [5, 5.41) is 16.3. The summed E-state index contributed by atoms with van der Waals surface area (Å²) in [6.07, 6.45) is -0.677.